The molecule has 0 amide bonds. The molecule has 16 heavy (non-hydrogen) atoms. The third-order valence-electron chi connectivity index (χ3n) is 2.76. The molecule has 1 heterocycles. The number of aromatic nitrogens is 1. The summed E-state index contributed by atoms with van der Waals surface area (Å²) in [7, 11) is 3.80. The first-order valence-electron chi connectivity index (χ1n) is 5.51. The first kappa shape index (κ1) is 13.1. The van der Waals surface area contributed by atoms with Crippen LogP contribution in [-0.4, -0.2) is 36.7 Å². The molecule has 4 nitrogen and oxygen atoms in total. The molecule has 0 saturated heterocycles. The Balaban J connectivity index is 2.64. The van der Waals surface area contributed by atoms with Gasteiger partial charge in [-0.25, -0.2) is 0 Å². The molecule has 0 aliphatic carbocycles. The molecular weight excluding hydrogens is 202 g/mol. The third kappa shape index (κ3) is 3.56. The van der Waals surface area contributed by atoms with Crippen LogP contribution in [0.25, 0.3) is 0 Å². The van der Waals surface area contributed by atoms with Crippen molar-refractivity contribution < 1.29 is 4.74 Å². The maximum absolute atomic E-state index is 5.66. The van der Waals surface area contributed by atoms with E-state index >= 15 is 0 Å². The average Bonchev–Trinajstić information content (AvgIpc) is 2.30. The molecule has 1 atom stereocenters. The summed E-state index contributed by atoms with van der Waals surface area (Å²) >= 11 is 0. The molecule has 0 aromatic carbocycles. The van der Waals surface area contributed by atoms with Crippen LogP contribution >= 0.6 is 0 Å². The van der Waals surface area contributed by atoms with Crippen molar-refractivity contribution in [3.05, 3.63) is 29.6 Å². The molecule has 0 spiro atoms. The lowest BCUT2D eigenvalue weighted by molar-refractivity contribution is 0.111. The molecule has 1 unspecified atom stereocenters. The zero-order valence-electron chi connectivity index (χ0n) is 10.3. The van der Waals surface area contributed by atoms with Gasteiger partial charge in [-0.15, -0.1) is 0 Å². The molecule has 1 rings (SSSR count). The Bertz CT molecular complexity index is 317. The lowest BCUT2D eigenvalue weighted by Gasteiger charge is -2.24. The van der Waals surface area contributed by atoms with E-state index in [1.807, 2.05) is 6.07 Å². The van der Waals surface area contributed by atoms with Crippen LogP contribution in [-0.2, 0) is 17.8 Å². The largest absolute Gasteiger partial charge is 0.383 e. The Kier molecular flexibility index (Phi) is 5.38. The molecule has 2 N–H and O–H groups in total. The highest BCUT2D eigenvalue weighted by Gasteiger charge is 2.11. The van der Waals surface area contributed by atoms with Gasteiger partial charge in [0.25, 0.3) is 0 Å². The highest BCUT2D eigenvalue weighted by atomic mass is 16.5. The van der Waals surface area contributed by atoms with Gasteiger partial charge in [0.2, 0.25) is 0 Å². The van der Waals surface area contributed by atoms with Crippen molar-refractivity contribution in [1.82, 2.24) is 9.88 Å². The number of ether oxygens (including phenoxy) is 1. The van der Waals surface area contributed by atoms with Crippen molar-refractivity contribution in [1.29, 1.82) is 0 Å². The minimum Gasteiger partial charge on any atom is -0.383 e. The van der Waals surface area contributed by atoms with Crippen molar-refractivity contribution >= 4 is 0 Å². The predicted octanol–water partition coefficient (Wildman–Crippen LogP) is 1.01. The number of likely N-dealkylation sites (N-methyl/N-ethyl adjacent to an activating group) is 1. The third-order valence-corrected chi connectivity index (χ3v) is 2.76. The maximum Gasteiger partial charge on any atom is 0.0615 e. The number of nitrogens with two attached hydrogens (primary N) is 1. The number of pyridine rings is 1. The van der Waals surface area contributed by atoms with Crippen LogP contribution in [0.4, 0.5) is 0 Å². The molecule has 4 heteroatoms. The molecule has 0 aliphatic heterocycles. The van der Waals surface area contributed by atoms with E-state index in [4.69, 9.17) is 10.5 Å². The molecule has 0 fully saturated rings. The van der Waals surface area contributed by atoms with Crippen molar-refractivity contribution in [2.75, 3.05) is 20.8 Å². The van der Waals surface area contributed by atoms with E-state index in [-0.39, 0.29) is 0 Å². The fourth-order valence-electron chi connectivity index (χ4n) is 1.59. The zero-order chi connectivity index (χ0) is 12.0. The summed E-state index contributed by atoms with van der Waals surface area (Å²) in [4.78, 5) is 6.51. The van der Waals surface area contributed by atoms with Gasteiger partial charge in [-0.2, -0.15) is 0 Å². The molecule has 0 bridgehead atoms. The van der Waals surface area contributed by atoms with Crippen LogP contribution in [0, 0.1) is 0 Å². The first-order chi connectivity index (χ1) is 7.69. The van der Waals surface area contributed by atoms with Gasteiger partial charge in [-0.3, -0.25) is 9.88 Å². The highest BCUT2D eigenvalue weighted by molar-refractivity contribution is 5.19. The van der Waals surface area contributed by atoms with Crippen molar-refractivity contribution in [3.8, 4) is 0 Å². The molecule has 90 valence electrons. The highest BCUT2D eigenvalue weighted by Crippen LogP contribution is 2.09. The van der Waals surface area contributed by atoms with Crippen LogP contribution in [0.15, 0.2) is 18.3 Å². The normalized spacial score (nSPS) is 13.1. The van der Waals surface area contributed by atoms with Gasteiger partial charge in [0.15, 0.2) is 0 Å². The summed E-state index contributed by atoms with van der Waals surface area (Å²) in [5, 5.41) is 0. The quantitative estimate of drug-likeness (QED) is 0.782. The number of hydrogen-bond donors (Lipinski definition) is 1. The fraction of sp³-hybridized carbons (Fsp3) is 0.583. The first-order valence-corrected chi connectivity index (χ1v) is 5.51. The van der Waals surface area contributed by atoms with E-state index in [1.165, 1.54) is 5.56 Å². The lowest BCUT2D eigenvalue weighted by atomic mass is 10.1. The van der Waals surface area contributed by atoms with Crippen LogP contribution in [0.2, 0.25) is 0 Å². The number of methoxy groups -OCH3 is 1. The Hall–Kier alpha value is -0.970. The van der Waals surface area contributed by atoms with Crippen LogP contribution < -0.4 is 5.73 Å². The van der Waals surface area contributed by atoms with Crippen LogP contribution in [0.3, 0.4) is 0 Å². The second-order valence-corrected chi connectivity index (χ2v) is 4.03. The minimum atomic E-state index is 0.385. The van der Waals surface area contributed by atoms with Gasteiger partial charge in [0, 0.05) is 32.4 Å². The molecule has 1 aromatic rings. The van der Waals surface area contributed by atoms with Gasteiger partial charge < -0.3 is 10.5 Å². The Morgan fingerprint density at radius 3 is 2.94 bits per heavy atom. The van der Waals surface area contributed by atoms with Crippen LogP contribution in [0.5, 0.6) is 0 Å². The van der Waals surface area contributed by atoms with E-state index in [9.17, 15) is 0 Å². The molecule has 1 aromatic heterocycles. The number of rotatable bonds is 6. The smallest absolute Gasteiger partial charge is 0.0615 e. The van der Waals surface area contributed by atoms with Crippen molar-refractivity contribution in [3.63, 3.8) is 0 Å². The minimum absolute atomic E-state index is 0.385. The maximum atomic E-state index is 5.66. The van der Waals surface area contributed by atoms with Gasteiger partial charge in [-0.05, 0) is 25.6 Å². The summed E-state index contributed by atoms with van der Waals surface area (Å²) in [6.07, 6.45) is 1.78. The molecule has 0 saturated carbocycles. The summed E-state index contributed by atoms with van der Waals surface area (Å²) in [5.41, 5.74) is 7.82. The lowest BCUT2D eigenvalue weighted by Crippen LogP contribution is -2.32. The Morgan fingerprint density at radius 2 is 2.31 bits per heavy atom. The fourth-order valence-corrected chi connectivity index (χ4v) is 1.59. The monoisotopic (exact) mass is 223 g/mol. The summed E-state index contributed by atoms with van der Waals surface area (Å²) in [6, 6.07) is 4.41. The van der Waals surface area contributed by atoms with E-state index < -0.39 is 0 Å². The average molecular weight is 223 g/mol. The zero-order valence-corrected chi connectivity index (χ0v) is 10.3. The van der Waals surface area contributed by atoms with Crippen molar-refractivity contribution in [2.24, 2.45) is 5.73 Å². The molecular formula is C12H21N3O. The summed E-state index contributed by atoms with van der Waals surface area (Å²) < 4.78 is 5.14. The molecule has 0 radical (unpaired) electrons. The Labute approximate surface area is 97.4 Å². The topological polar surface area (TPSA) is 51.4 Å². The van der Waals surface area contributed by atoms with E-state index in [0.29, 0.717) is 12.6 Å². The standard InChI is InChI=1S/C12H21N3O/c1-10(9-16-3)15(2)8-11-5-4-6-14-12(11)7-13/h4-6,10H,7-9,13H2,1-3H3. The van der Waals surface area contributed by atoms with Crippen LogP contribution in [0.1, 0.15) is 18.2 Å². The molecule has 0 aliphatic rings. The second-order valence-electron chi connectivity index (χ2n) is 4.03. The van der Waals surface area contributed by atoms with E-state index in [0.717, 1.165) is 18.8 Å². The summed E-state index contributed by atoms with van der Waals surface area (Å²) in [6.45, 7) is 4.21. The number of hydrogen-bond acceptors (Lipinski definition) is 4. The Morgan fingerprint density at radius 1 is 1.56 bits per heavy atom. The van der Waals surface area contributed by atoms with E-state index in [1.54, 1.807) is 13.3 Å². The van der Waals surface area contributed by atoms with Crippen molar-refractivity contribution in [2.45, 2.75) is 26.1 Å². The predicted molar refractivity (Wildman–Crippen MR) is 64.9 cm³/mol. The summed E-state index contributed by atoms with van der Waals surface area (Å²) in [5.74, 6) is 0. The second kappa shape index (κ2) is 6.58. The number of nitrogens with zero attached hydrogens (tertiary/aromatic N) is 2. The SMILES string of the molecule is COCC(C)N(C)Cc1cccnc1CN. The van der Waals surface area contributed by atoms with Gasteiger partial charge in [-0.1, -0.05) is 6.07 Å². The van der Waals surface area contributed by atoms with Gasteiger partial charge >= 0.3 is 0 Å². The van der Waals surface area contributed by atoms with Gasteiger partial charge in [0.1, 0.15) is 0 Å². The van der Waals surface area contributed by atoms with Gasteiger partial charge in [0.05, 0.1) is 12.3 Å². The van der Waals surface area contributed by atoms with E-state index in [2.05, 4.69) is 29.9 Å².